The Labute approximate surface area is 79.0 Å². The van der Waals surface area contributed by atoms with E-state index in [0.717, 1.165) is 5.39 Å². The Hall–Kier alpha value is -2.26. The second-order valence-corrected chi connectivity index (χ2v) is 2.39. The molecule has 5 heteroatoms. The highest BCUT2D eigenvalue weighted by Crippen LogP contribution is 2.08. The van der Waals surface area contributed by atoms with Gasteiger partial charge in [0, 0.05) is 11.5 Å². The van der Waals surface area contributed by atoms with E-state index < -0.39 is 0 Å². The molecule has 0 radical (unpaired) electrons. The van der Waals surface area contributed by atoms with Gasteiger partial charge in [0.2, 0.25) is 0 Å². The minimum atomic E-state index is -0.302. The third-order valence-electron chi connectivity index (χ3n) is 1.53. The highest BCUT2D eigenvalue weighted by Gasteiger charge is 1.92. The van der Waals surface area contributed by atoms with Crippen LogP contribution >= 0.6 is 0 Å². The van der Waals surface area contributed by atoms with Gasteiger partial charge in [0.15, 0.2) is 0 Å². The predicted molar refractivity (Wildman–Crippen MR) is 51.9 cm³/mol. The van der Waals surface area contributed by atoms with Crippen LogP contribution in [0.5, 0.6) is 0 Å². The summed E-state index contributed by atoms with van der Waals surface area (Å²) in [6, 6.07) is 10.6. The van der Waals surface area contributed by atoms with Gasteiger partial charge in [-0.2, -0.15) is 0 Å². The highest BCUT2D eigenvalue weighted by atomic mass is 16.4. The molecule has 70 valence electrons. The van der Waals surface area contributed by atoms with Gasteiger partial charge in [0.25, 0.3) is 0 Å². The van der Waals surface area contributed by atoms with Crippen LogP contribution in [0.4, 0.5) is 0 Å². The Balaban J connectivity index is 0.000000293. The molecule has 0 fully saturated rings. The Morgan fingerprint density at radius 3 is 2.57 bits per heavy atom. The van der Waals surface area contributed by atoms with Crippen molar-refractivity contribution in [2.24, 2.45) is 0 Å². The highest BCUT2D eigenvalue weighted by molar-refractivity contribution is 5.75. The zero-order valence-corrected chi connectivity index (χ0v) is 7.18. The molecule has 2 aromatic rings. The van der Waals surface area contributed by atoms with Crippen molar-refractivity contribution in [1.29, 1.82) is 5.53 Å². The van der Waals surface area contributed by atoms with Crippen molar-refractivity contribution in [3.63, 3.8) is 0 Å². The van der Waals surface area contributed by atoms with Crippen molar-refractivity contribution < 1.29 is 4.42 Å². The molecule has 0 aliphatic rings. The summed E-state index contributed by atoms with van der Waals surface area (Å²) in [5, 5.41) is 0.951. The van der Waals surface area contributed by atoms with Crippen LogP contribution in [0, 0.1) is 5.53 Å². The summed E-state index contributed by atoms with van der Waals surface area (Å²) in [6.07, 6.45) is 0. The lowest BCUT2D eigenvalue weighted by Crippen LogP contribution is -1.93. The molecule has 14 heavy (non-hydrogen) atoms. The van der Waals surface area contributed by atoms with Gasteiger partial charge >= 0.3 is 5.63 Å². The Morgan fingerprint density at radius 1 is 1.21 bits per heavy atom. The van der Waals surface area contributed by atoms with Crippen molar-refractivity contribution in [2.75, 3.05) is 0 Å². The van der Waals surface area contributed by atoms with Crippen molar-refractivity contribution in [2.45, 2.75) is 0 Å². The molecule has 0 unspecified atom stereocenters. The van der Waals surface area contributed by atoms with E-state index in [0.29, 0.717) is 5.58 Å². The van der Waals surface area contributed by atoms with Gasteiger partial charge in [-0.1, -0.05) is 18.2 Å². The lowest BCUT2D eigenvalue weighted by Gasteiger charge is -1.91. The first-order chi connectivity index (χ1) is 6.77. The van der Waals surface area contributed by atoms with Crippen molar-refractivity contribution >= 4 is 11.0 Å². The molecule has 0 saturated heterocycles. The number of nitrogens with one attached hydrogen (secondary N) is 1. The third kappa shape index (κ3) is 2.36. The Morgan fingerprint density at radius 2 is 1.86 bits per heavy atom. The molecule has 0 aliphatic carbocycles. The summed E-state index contributed by atoms with van der Waals surface area (Å²) in [5.74, 6) is 0. The van der Waals surface area contributed by atoms with Gasteiger partial charge in [0.05, 0.1) is 0 Å². The van der Waals surface area contributed by atoms with Crippen LogP contribution in [0.3, 0.4) is 0 Å². The maximum atomic E-state index is 10.7. The molecule has 2 rings (SSSR count). The van der Waals surface area contributed by atoms with E-state index in [4.69, 9.17) is 15.5 Å². The summed E-state index contributed by atoms with van der Waals surface area (Å²) in [4.78, 5) is 12.5. The quantitative estimate of drug-likeness (QED) is 0.298. The van der Waals surface area contributed by atoms with Crippen molar-refractivity contribution in [1.82, 2.24) is 0 Å². The predicted octanol–water partition coefficient (Wildman–Crippen LogP) is 2.67. The molecule has 1 aromatic heterocycles. The molecule has 0 atom stereocenters. The standard InChI is InChI=1S/C9H6O2.HN3/c10-9-6-5-7-3-1-2-4-8(7)11-9;1-3-2/h1-6H;1H. The fourth-order valence-corrected chi connectivity index (χ4v) is 1.01. The smallest absolute Gasteiger partial charge is 0.336 e. The summed E-state index contributed by atoms with van der Waals surface area (Å²) >= 11 is 0. The van der Waals surface area contributed by atoms with Gasteiger partial charge in [0.1, 0.15) is 5.58 Å². The van der Waals surface area contributed by atoms with E-state index >= 15 is 0 Å². The average Bonchev–Trinajstić information content (AvgIpc) is 2.19. The second kappa shape index (κ2) is 4.69. The Bertz CT molecular complexity index is 512. The van der Waals surface area contributed by atoms with Crippen LogP contribution in [-0.2, 0) is 0 Å². The number of para-hydroxylation sites is 1. The van der Waals surface area contributed by atoms with Gasteiger partial charge in [-0.3, -0.25) is 0 Å². The maximum absolute atomic E-state index is 10.7. The van der Waals surface area contributed by atoms with Gasteiger partial charge in [-0.15, -0.1) is 5.53 Å². The summed E-state index contributed by atoms with van der Waals surface area (Å²) in [7, 11) is 0. The van der Waals surface area contributed by atoms with Gasteiger partial charge in [-0.25, -0.2) is 4.79 Å². The lowest BCUT2D eigenvalue weighted by molar-refractivity contribution is 0.561. The molecule has 5 nitrogen and oxygen atoms in total. The van der Waals surface area contributed by atoms with Crippen molar-refractivity contribution in [3.05, 3.63) is 57.3 Å². The molecule has 0 aliphatic heterocycles. The van der Waals surface area contributed by atoms with Crippen LogP contribution in [0.1, 0.15) is 0 Å². The molecule has 0 bridgehead atoms. The minimum absolute atomic E-state index is 0.302. The second-order valence-electron chi connectivity index (χ2n) is 2.39. The van der Waals surface area contributed by atoms with Crippen LogP contribution in [0.25, 0.3) is 21.4 Å². The SMILES string of the molecule is O=c1ccc2ccccc2o1.[N-]=[N+]=N. The van der Waals surface area contributed by atoms with E-state index in [2.05, 4.69) is 0 Å². The molecule has 1 N–H and O–H groups in total. The van der Waals surface area contributed by atoms with Crippen LogP contribution in [0.2, 0.25) is 0 Å². The molecule has 1 heterocycles. The molecular formula is C9H7N3O2. The minimum Gasteiger partial charge on any atom is -0.423 e. The fraction of sp³-hybridized carbons (Fsp3) is 0. The van der Waals surface area contributed by atoms with Crippen LogP contribution < -0.4 is 5.63 Å². The summed E-state index contributed by atoms with van der Waals surface area (Å²) in [5.41, 5.74) is 12.6. The molecule has 1 aromatic carbocycles. The molecule has 0 amide bonds. The largest absolute Gasteiger partial charge is 0.423 e. The monoisotopic (exact) mass is 189 g/mol. The molecular weight excluding hydrogens is 182 g/mol. The normalized spacial score (nSPS) is 8.57. The first-order valence-electron chi connectivity index (χ1n) is 3.77. The summed E-state index contributed by atoms with van der Waals surface area (Å²) < 4.78 is 4.91. The van der Waals surface area contributed by atoms with Crippen molar-refractivity contribution in [3.8, 4) is 0 Å². The van der Waals surface area contributed by atoms with Crippen LogP contribution in [0.15, 0.2) is 45.6 Å². The zero-order valence-electron chi connectivity index (χ0n) is 7.18. The maximum Gasteiger partial charge on any atom is 0.336 e. The van der Waals surface area contributed by atoms with E-state index in [9.17, 15) is 4.79 Å². The Kier molecular flexibility index (Phi) is 3.29. The number of nitrogens with zero attached hydrogens (tertiary/aromatic N) is 2. The fourth-order valence-electron chi connectivity index (χ4n) is 1.01. The number of rotatable bonds is 0. The van der Waals surface area contributed by atoms with E-state index in [1.54, 1.807) is 17.0 Å². The van der Waals surface area contributed by atoms with Gasteiger partial charge < -0.3 is 4.42 Å². The lowest BCUT2D eigenvalue weighted by atomic mass is 10.2. The molecule has 0 saturated carbocycles. The summed E-state index contributed by atoms with van der Waals surface area (Å²) in [6.45, 7) is 0. The van der Waals surface area contributed by atoms with Crippen LogP contribution in [-0.4, -0.2) is 0 Å². The number of fused-ring (bicyclic) bond motifs is 1. The van der Waals surface area contributed by atoms with E-state index in [-0.39, 0.29) is 5.63 Å². The topological polar surface area (TPSA) is 90.5 Å². The third-order valence-corrected chi connectivity index (χ3v) is 1.53. The number of benzene rings is 1. The number of hydrogen-bond acceptors (Lipinski definition) is 3. The molecule has 0 spiro atoms. The van der Waals surface area contributed by atoms with Gasteiger partial charge in [-0.05, 0) is 22.6 Å². The average molecular weight is 189 g/mol. The van der Waals surface area contributed by atoms with E-state index in [1.165, 1.54) is 6.07 Å². The van der Waals surface area contributed by atoms with E-state index in [1.807, 2.05) is 18.2 Å². The zero-order chi connectivity index (χ0) is 10.4. The first-order valence-corrected chi connectivity index (χ1v) is 3.77. The number of hydrogen-bond donors (Lipinski definition) is 1. The first kappa shape index (κ1) is 9.83.